The van der Waals surface area contributed by atoms with Gasteiger partial charge in [-0.15, -0.1) is 0 Å². The van der Waals surface area contributed by atoms with Crippen LogP contribution in [0.25, 0.3) is 0 Å². The first kappa shape index (κ1) is 14.3. The molecule has 0 aromatic heterocycles. The number of rotatable bonds is 7. The Morgan fingerprint density at radius 3 is 2.27 bits per heavy atom. The van der Waals surface area contributed by atoms with Crippen LogP contribution in [0, 0.1) is 0 Å². The lowest BCUT2D eigenvalue weighted by Crippen LogP contribution is -2.23. The zero-order chi connectivity index (χ0) is 10.2. The van der Waals surface area contributed by atoms with Crippen molar-refractivity contribution in [2.45, 2.75) is 45.4 Å². The van der Waals surface area contributed by atoms with E-state index in [-0.39, 0.29) is 5.48 Å². The molecule has 0 amide bonds. The highest BCUT2D eigenvalue weighted by molar-refractivity contribution is 4.88. The minimum Gasteiger partial charge on any atom is -0.412 e. The summed E-state index contributed by atoms with van der Waals surface area (Å²) >= 11 is 0. The Morgan fingerprint density at radius 1 is 1.00 bits per heavy atom. The molecule has 0 bridgehead atoms. The van der Waals surface area contributed by atoms with Crippen molar-refractivity contribution < 1.29 is 5.48 Å². The highest BCUT2D eigenvalue weighted by atomic mass is 16.0. The van der Waals surface area contributed by atoms with Crippen molar-refractivity contribution in [1.29, 1.82) is 0 Å². The summed E-state index contributed by atoms with van der Waals surface area (Å²) in [5, 5.41) is 0. The molecule has 2 N–H and O–H groups in total. The maximum absolute atomic E-state index is 2.39. The summed E-state index contributed by atoms with van der Waals surface area (Å²) in [7, 11) is 2.12. The predicted octanol–water partition coefficient (Wildman–Crippen LogP) is 2.20. The Hall–Kier alpha value is -0.700. The van der Waals surface area contributed by atoms with E-state index in [0.29, 0.717) is 0 Å². The molecule has 0 aromatic rings. The second kappa shape index (κ2) is 8.60. The molecule has 0 radical (unpaired) electrons. The van der Waals surface area contributed by atoms with Gasteiger partial charge in [-0.1, -0.05) is 39.0 Å². The molecule has 0 aromatic carbocycles. The van der Waals surface area contributed by atoms with Crippen LogP contribution in [-0.2, 0) is 0 Å². The van der Waals surface area contributed by atoms with Crippen molar-refractivity contribution in [3.63, 3.8) is 0 Å². The van der Waals surface area contributed by atoms with E-state index in [4.69, 9.17) is 0 Å². The lowest BCUT2D eigenvalue weighted by molar-refractivity contribution is 0.290. The van der Waals surface area contributed by atoms with E-state index in [2.05, 4.69) is 36.2 Å². The van der Waals surface area contributed by atoms with E-state index >= 15 is 0 Å². The zero-order valence-electron chi connectivity index (χ0n) is 10.2. The van der Waals surface area contributed by atoms with Gasteiger partial charge < -0.3 is 15.3 Å². The summed E-state index contributed by atoms with van der Waals surface area (Å²) in [5.41, 5.74) is 0. The maximum Gasteiger partial charge on any atom is 0.0890 e. The van der Waals surface area contributed by atoms with Gasteiger partial charge in [-0.25, -0.2) is 0 Å². The Morgan fingerprint density at radius 2 is 1.67 bits per heavy atom. The third kappa shape index (κ3) is 6.39. The van der Waals surface area contributed by atoms with E-state index < -0.39 is 0 Å². The summed E-state index contributed by atoms with van der Waals surface area (Å²) in [6.45, 7) is 4.58. The molecule has 0 saturated heterocycles. The van der Waals surface area contributed by atoms with Crippen LogP contribution in [0.15, 0.2) is 12.4 Å². The van der Waals surface area contributed by atoms with Crippen LogP contribution < -0.4 is 0 Å². The van der Waals surface area contributed by atoms with Gasteiger partial charge in [-0.05, 0) is 6.42 Å². The van der Waals surface area contributed by atoms with E-state index in [1.165, 1.54) is 45.1 Å². The Labute approximate surface area is 94.1 Å². The Kier molecular flexibility index (Phi) is 8.19. The number of hydrogen-bond acceptors (Lipinski definition) is 2. The van der Waals surface area contributed by atoms with Gasteiger partial charge in [0.1, 0.15) is 0 Å². The quantitative estimate of drug-likeness (QED) is 0.609. The van der Waals surface area contributed by atoms with E-state index in [1.807, 2.05) is 0 Å². The molecule has 0 atom stereocenters. The summed E-state index contributed by atoms with van der Waals surface area (Å²) in [6.07, 6.45) is 12.7. The summed E-state index contributed by atoms with van der Waals surface area (Å²) in [5.74, 6) is 0. The monoisotopic (exact) mass is 214 g/mol. The van der Waals surface area contributed by atoms with Gasteiger partial charge in [-0.2, -0.15) is 0 Å². The normalized spacial score (nSPS) is 14.5. The first-order valence-corrected chi connectivity index (χ1v) is 5.95. The fourth-order valence-electron chi connectivity index (χ4n) is 1.83. The Bertz CT molecular complexity index is 171. The van der Waals surface area contributed by atoms with Gasteiger partial charge in [0.15, 0.2) is 0 Å². The van der Waals surface area contributed by atoms with Crippen LogP contribution in [0.5, 0.6) is 0 Å². The molecule has 0 spiro atoms. The fourth-order valence-corrected chi connectivity index (χ4v) is 1.83. The standard InChI is InChI=1S/C12H24N2.H2O/c1-3-4-5-6-7-8-9-14-11-10-13(2)12-14;/h10-11H,3-9,12H2,1-2H3;1H2. The van der Waals surface area contributed by atoms with Gasteiger partial charge in [0.2, 0.25) is 0 Å². The van der Waals surface area contributed by atoms with Crippen LogP contribution in [0.2, 0.25) is 0 Å². The first-order valence-electron chi connectivity index (χ1n) is 5.95. The molecule has 90 valence electrons. The van der Waals surface area contributed by atoms with Crippen LogP contribution in [-0.4, -0.2) is 35.5 Å². The summed E-state index contributed by atoms with van der Waals surface area (Å²) < 4.78 is 0. The molecule has 0 aliphatic carbocycles. The van der Waals surface area contributed by atoms with Gasteiger partial charge in [0.05, 0.1) is 6.67 Å². The third-order valence-electron chi connectivity index (χ3n) is 2.74. The van der Waals surface area contributed by atoms with Crippen molar-refractivity contribution in [3.8, 4) is 0 Å². The second-order valence-corrected chi connectivity index (χ2v) is 4.28. The summed E-state index contributed by atoms with van der Waals surface area (Å²) in [6, 6.07) is 0. The molecule has 0 saturated carbocycles. The smallest absolute Gasteiger partial charge is 0.0890 e. The van der Waals surface area contributed by atoms with Crippen molar-refractivity contribution in [1.82, 2.24) is 9.80 Å². The predicted molar refractivity (Wildman–Crippen MR) is 65.5 cm³/mol. The van der Waals surface area contributed by atoms with Crippen molar-refractivity contribution >= 4 is 0 Å². The van der Waals surface area contributed by atoms with Crippen LogP contribution in [0.3, 0.4) is 0 Å². The molecule has 15 heavy (non-hydrogen) atoms. The third-order valence-corrected chi connectivity index (χ3v) is 2.74. The number of unbranched alkanes of at least 4 members (excludes halogenated alkanes) is 5. The van der Waals surface area contributed by atoms with Crippen molar-refractivity contribution in [3.05, 3.63) is 12.4 Å². The fraction of sp³-hybridized carbons (Fsp3) is 0.833. The number of nitrogens with zero attached hydrogens (tertiary/aromatic N) is 2. The summed E-state index contributed by atoms with van der Waals surface area (Å²) in [4.78, 5) is 4.61. The minimum atomic E-state index is 0. The maximum atomic E-state index is 2.39. The molecule has 1 rings (SSSR count). The zero-order valence-corrected chi connectivity index (χ0v) is 10.2. The highest BCUT2D eigenvalue weighted by Gasteiger charge is 2.06. The minimum absolute atomic E-state index is 0. The van der Waals surface area contributed by atoms with Gasteiger partial charge >= 0.3 is 0 Å². The molecule has 0 unspecified atom stereocenters. The second-order valence-electron chi connectivity index (χ2n) is 4.28. The average molecular weight is 214 g/mol. The van der Waals surface area contributed by atoms with Gasteiger partial charge in [-0.3, -0.25) is 0 Å². The molecule has 3 heteroatoms. The molecular formula is C12H26N2O. The molecule has 0 fully saturated rings. The molecular weight excluding hydrogens is 188 g/mol. The van der Waals surface area contributed by atoms with Crippen LogP contribution >= 0.6 is 0 Å². The lowest BCUT2D eigenvalue weighted by atomic mass is 10.1. The van der Waals surface area contributed by atoms with Gasteiger partial charge in [0.25, 0.3) is 0 Å². The SMILES string of the molecule is CCCCCCCCN1C=CN(C)C1.O. The highest BCUT2D eigenvalue weighted by Crippen LogP contribution is 2.08. The lowest BCUT2D eigenvalue weighted by Gasteiger charge is -2.17. The molecule has 1 aliphatic heterocycles. The van der Waals surface area contributed by atoms with E-state index in [0.717, 1.165) is 6.67 Å². The van der Waals surface area contributed by atoms with Crippen molar-refractivity contribution in [2.24, 2.45) is 0 Å². The van der Waals surface area contributed by atoms with Crippen LogP contribution in [0.1, 0.15) is 45.4 Å². The molecule has 1 heterocycles. The Balaban J connectivity index is 0.00000196. The largest absolute Gasteiger partial charge is 0.412 e. The van der Waals surface area contributed by atoms with E-state index in [1.54, 1.807) is 0 Å². The van der Waals surface area contributed by atoms with Crippen LogP contribution in [0.4, 0.5) is 0 Å². The number of hydrogen-bond donors (Lipinski definition) is 0. The van der Waals surface area contributed by atoms with Gasteiger partial charge in [0, 0.05) is 26.0 Å². The van der Waals surface area contributed by atoms with Crippen molar-refractivity contribution in [2.75, 3.05) is 20.3 Å². The first-order chi connectivity index (χ1) is 6.83. The molecule has 3 nitrogen and oxygen atoms in total. The topological polar surface area (TPSA) is 38.0 Å². The average Bonchev–Trinajstić information content (AvgIpc) is 2.58. The van der Waals surface area contributed by atoms with E-state index in [9.17, 15) is 0 Å². The molecule has 1 aliphatic rings.